The van der Waals surface area contributed by atoms with Crippen molar-refractivity contribution in [3.8, 4) is 11.5 Å². The molecule has 196 valence electrons. The molecule has 1 amide bonds. The predicted octanol–water partition coefficient (Wildman–Crippen LogP) is 5.33. The van der Waals surface area contributed by atoms with E-state index in [2.05, 4.69) is 5.32 Å². The minimum Gasteiger partial charge on any atom is -0.454 e. The number of carbonyl (C=O) groups excluding carboxylic acids is 3. The first kappa shape index (κ1) is 23.2. The molecular weight excluding hydrogens is 524 g/mol. The largest absolute Gasteiger partial charge is 0.454 e. The standard InChI is InChI=1S/C32H22N2O5S/c35-29(19-11-13-23-24(16-19)39-17-38-23)27-28(30(36)25-10-5-15-40-25)34-22-9-4-1-6-18(22)12-14-26(34)32(27)20-7-2-3-8-21(20)33-31(32)37/h1-16,26-28H,17H2,(H,33,37)/t26-,27+,28+,32-/m1/s1. The highest BCUT2D eigenvalue weighted by molar-refractivity contribution is 7.12. The van der Waals surface area contributed by atoms with Crippen LogP contribution in [0.4, 0.5) is 11.4 Å². The Hall–Kier alpha value is -4.69. The van der Waals surface area contributed by atoms with Crippen molar-refractivity contribution in [1.29, 1.82) is 0 Å². The van der Waals surface area contributed by atoms with Crippen LogP contribution in [-0.2, 0) is 10.2 Å². The van der Waals surface area contributed by atoms with Gasteiger partial charge in [-0.05, 0) is 52.9 Å². The van der Waals surface area contributed by atoms with Crippen LogP contribution in [0.2, 0.25) is 0 Å². The first-order valence-electron chi connectivity index (χ1n) is 13.1. The molecule has 1 saturated heterocycles. The number of thiophene rings is 1. The Morgan fingerprint density at radius 2 is 1.75 bits per heavy atom. The summed E-state index contributed by atoms with van der Waals surface area (Å²) in [6.07, 6.45) is 3.97. The lowest BCUT2D eigenvalue weighted by Crippen LogP contribution is -2.51. The van der Waals surface area contributed by atoms with E-state index in [9.17, 15) is 14.4 Å². The lowest BCUT2D eigenvalue weighted by molar-refractivity contribution is -0.121. The molecule has 1 aromatic heterocycles. The monoisotopic (exact) mass is 546 g/mol. The summed E-state index contributed by atoms with van der Waals surface area (Å²) >= 11 is 1.34. The number of hydrogen-bond donors (Lipinski definition) is 1. The molecule has 5 heterocycles. The highest BCUT2D eigenvalue weighted by Gasteiger charge is 2.70. The molecule has 3 aromatic carbocycles. The molecule has 1 N–H and O–H groups in total. The van der Waals surface area contributed by atoms with Gasteiger partial charge in [0.1, 0.15) is 11.5 Å². The number of nitrogens with zero attached hydrogens (tertiary/aromatic N) is 1. The van der Waals surface area contributed by atoms with Crippen LogP contribution >= 0.6 is 11.3 Å². The Bertz CT molecular complexity index is 1760. The Morgan fingerprint density at radius 1 is 0.925 bits per heavy atom. The van der Waals surface area contributed by atoms with Gasteiger partial charge in [-0.1, -0.05) is 54.6 Å². The van der Waals surface area contributed by atoms with E-state index >= 15 is 0 Å². The maximum Gasteiger partial charge on any atom is 0.238 e. The third-order valence-electron chi connectivity index (χ3n) is 8.51. The molecule has 0 unspecified atom stereocenters. The van der Waals surface area contributed by atoms with Crippen LogP contribution in [0, 0.1) is 5.92 Å². The lowest BCUT2D eigenvalue weighted by Gasteiger charge is -2.37. The molecule has 4 aromatic rings. The molecule has 4 aliphatic rings. The SMILES string of the molecule is O=C(c1cccs1)[C@@H]1[C@@H](C(=O)c2ccc3c(c2)OCO3)[C@]2(C(=O)Nc3ccccc32)[C@H]2C=Cc3ccccc3N12. The molecule has 8 heteroatoms. The Morgan fingerprint density at radius 3 is 2.62 bits per heavy atom. The molecule has 1 spiro atoms. The summed E-state index contributed by atoms with van der Waals surface area (Å²) in [7, 11) is 0. The summed E-state index contributed by atoms with van der Waals surface area (Å²) in [5.74, 6) is -0.751. The second kappa shape index (κ2) is 8.40. The first-order valence-corrected chi connectivity index (χ1v) is 13.9. The maximum atomic E-state index is 14.8. The normalized spacial score (nSPS) is 24.9. The van der Waals surface area contributed by atoms with Gasteiger partial charge in [0.25, 0.3) is 0 Å². The van der Waals surface area contributed by atoms with Gasteiger partial charge in [0, 0.05) is 16.9 Å². The van der Waals surface area contributed by atoms with E-state index in [1.54, 1.807) is 24.3 Å². The number of rotatable bonds is 4. The fraction of sp³-hybridized carbons (Fsp3) is 0.156. The highest BCUT2D eigenvalue weighted by Crippen LogP contribution is 2.58. The Kier molecular flexibility index (Phi) is 4.88. The third-order valence-corrected chi connectivity index (χ3v) is 9.40. The van der Waals surface area contributed by atoms with E-state index in [1.165, 1.54) is 11.3 Å². The van der Waals surface area contributed by atoms with Gasteiger partial charge in [0.2, 0.25) is 12.7 Å². The van der Waals surface area contributed by atoms with E-state index in [-0.39, 0.29) is 24.3 Å². The van der Waals surface area contributed by atoms with Crippen LogP contribution in [0.25, 0.3) is 6.08 Å². The average molecular weight is 547 g/mol. The number of nitrogens with one attached hydrogen (secondary N) is 1. The summed E-state index contributed by atoms with van der Waals surface area (Å²) < 4.78 is 11.1. The summed E-state index contributed by atoms with van der Waals surface area (Å²) in [4.78, 5) is 46.2. The molecular formula is C32H22N2O5S. The van der Waals surface area contributed by atoms with Crippen LogP contribution in [-0.4, -0.2) is 36.4 Å². The zero-order chi connectivity index (χ0) is 27.0. The van der Waals surface area contributed by atoms with Crippen molar-refractivity contribution in [3.63, 3.8) is 0 Å². The quantitative estimate of drug-likeness (QED) is 0.348. The number of benzene rings is 3. The molecule has 7 nitrogen and oxygen atoms in total. The zero-order valence-electron chi connectivity index (χ0n) is 21.1. The number of Topliss-reactive ketones (excluding diaryl/α,β-unsaturated/α-hetero) is 2. The molecule has 0 bridgehead atoms. The fourth-order valence-corrected chi connectivity index (χ4v) is 7.61. The van der Waals surface area contributed by atoms with E-state index < -0.39 is 23.4 Å². The zero-order valence-corrected chi connectivity index (χ0v) is 21.9. The average Bonchev–Trinajstić information content (AvgIpc) is 3.78. The van der Waals surface area contributed by atoms with E-state index in [0.29, 0.717) is 27.6 Å². The number of fused-ring (bicyclic) bond motifs is 7. The van der Waals surface area contributed by atoms with E-state index in [0.717, 1.165) is 16.8 Å². The molecule has 0 radical (unpaired) electrons. The fourth-order valence-electron chi connectivity index (χ4n) is 6.91. The van der Waals surface area contributed by atoms with Crippen LogP contribution < -0.4 is 19.7 Å². The second-order valence-electron chi connectivity index (χ2n) is 10.3. The van der Waals surface area contributed by atoms with Crippen molar-refractivity contribution >= 4 is 46.3 Å². The van der Waals surface area contributed by atoms with Crippen LogP contribution in [0.3, 0.4) is 0 Å². The summed E-state index contributed by atoms with van der Waals surface area (Å²) in [6, 6.07) is 22.5. The van der Waals surface area contributed by atoms with Crippen molar-refractivity contribution in [2.24, 2.45) is 5.92 Å². The lowest BCUT2D eigenvalue weighted by atomic mass is 9.64. The Balaban J connectivity index is 1.41. The molecule has 1 fully saturated rings. The summed E-state index contributed by atoms with van der Waals surface area (Å²) in [6.45, 7) is 0.0764. The van der Waals surface area contributed by atoms with Crippen LogP contribution in [0.5, 0.6) is 11.5 Å². The van der Waals surface area contributed by atoms with Crippen molar-refractivity contribution < 1.29 is 23.9 Å². The highest BCUT2D eigenvalue weighted by atomic mass is 32.1. The Labute approximate surface area is 233 Å². The van der Waals surface area contributed by atoms with Gasteiger partial charge < -0.3 is 19.7 Å². The maximum absolute atomic E-state index is 14.8. The number of hydrogen-bond acceptors (Lipinski definition) is 7. The van der Waals surface area contributed by atoms with E-state index in [4.69, 9.17) is 9.47 Å². The van der Waals surface area contributed by atoms with Crippen molar-refractivity contribution in [2.75, 3.05) is 17.0 Å². The summed E-state index contributed by atoms with van der Waals surface area (Å²) in [5.41, 5.74) is 2.16. The number of anilines is 2. The number of carbonyl (C=O) groups is 3. The molecule has 0 aliphatic carbocycles. The van der Waals surface area contributed by atoms with Gasteiger partial charge >= 0.3 is 0 Å². The minimum absolute atomic E-state index is 0.0764. The van der Waals surface area contributed by atoms with Gasteiger partial charge in [-0.25, -0.2) is 0 Å². The predicted molar refractivity (Wildman–Crippen MR) is 151 cm³/mol. The molecule has 4 atom stereocenters. The molecule has 8 rings (SSSR count). The number of amides is 1. The summed E-state index contributed by atoms with van der Waals surface area (Å²) in [5, 5.41) is 4.91. The topological polar surface area (TPSA) is 84.9 Å². The van der Waals surface area contributed by atoms with Crippen LogP contribution in [0.15, 0.2) is 90.3 Å². The van der Waals surface area contributed by atoms with Gasteiger partial charge in [0.05, 0.1) is 16.8 Å². The second-order valence-corrected chi connectivity index (χ2v) is 11.3. The first-order chi connectivity index (χ1) is 19.6. The third kappa shape index (κ3) is 2.96. The van der Waals surface area contributed by atoms with Crippen molar-refractivity contribution in [2.45, 2.75) is 17.5 Å². The van der Waals surface area contributed by atoms with Crippen molar-refractivity contribution in [1.82, 2.24) is 0 Å². The minimum atomic E-state index is -1.34. The van der Waals surface area contributed by atoms with Gasteiger partial charge in [-0.2, -0.15) is 0 Å². The number of ether oxygens (including phenoxy) is 2. The number of ketones is 2. The number of para-hydroxylation sites is 2. The van der Waals surface area contributed by atoms with Gasteiger partial charge in [0.15, 0.2) is 23.1 Å². The molecule has 4 aliphatic heterocycles. The van der Waals surface area contributed by atoms with Gasteiger partial charge in [-0.3, -0.25) is 14.4 Å². The molecule has 40 heavy (non-hydrogen) atoms. The van der Waals surface area contributed by atoms with Crippen molar-refractivity contribution in [3.05, 3.63) is 112 Å². The van der Waals surface area contributed by atoms with Crippen LogP contribution in [0.1, 0.15) is 31.2 Å². The smallest absolute Gasteiger partial charge is 0.238 e. The van der Waals surface area contributed by atoms with E-state index in [1.807, 2.05) is 77.0 Å². The molecule has 0 saturated carbocycles. The van der Waals surface area contributed by atoms with Gasteiger partial charge in [-0.15, -0.1) is 11.3 Å².